The van der Waals surface area contributed by atoms with Gasteiger partial charge >= 0.3 is 0 Å². The van der Waals surface area contributed by atoms with Crippen molar-refractivity contribution in [2.75, 3.05) is 0 Å². The SMILES string of the molecule is O=c1c2c(c1=O)[C@H]1CCCC1=C1CCC[C@H]12. The second kappa shape index (κ2) is 2.73. The Balaban J connectivity index is 2.01. The van der Waals surface area contributed by atoms with Crippen LogP contribution in [-0.4, -0.2) is 0 Å². The first-order valence-corrected chi connectivity index (χ1v) is 6.34. The fourth-order valence-corrected chi connectivity index (χ4v) is 4.21. The maximum absolute atomic E-state index is 11.7. The van der Waals surface area contributed by atoms with E-state index in [9.17, 15) is 9.59 Å². The summed E-state index contributed by atoms with van der Waals surface area (Å²) in [5.74, 6) is 0.703. The molecule has 0 spiro atoms. The highest BCUT2D eigenvalue weighted by Gasteiger charge is 2.44. The molecule has 0 bridgehead atoms. The molecule has 0 radical (unpaired) electrons. The van der Waals surface area contributed by atoms with Crippen molar-refractivity contribution < 1.29 is 0 Å². The highest BCUT2D eigenvalue weighted by Crippen LogP contribution is 2.54. The Labute approximate surface area is 93.7 Å². The van der Waals surface area contributed by atoms with Crippen molar-refractivity contribution in [1.29, 1.82) is 0 Å². The summed E-state index contributed by atoms with van der Waals surface area (Å²) in [4.78, 5) is 23.4. The molecule has 0 amide bonds. The Kier molecular flexibility index (Phi) is 1.52. The van der Waals surface area contributed by atoms with Crippen molar-refractivity contribution >= 4 is 0 Å². The van der Waals surface area contributed by atoms with Gasteiger partial charge in [-0.15, -0.1) is 0 Å². The molecule has 1 aromatic carbocycles. The molecule has 2 nitrogen and oxygen atoms in total. The van der Waals surface area contributed by atoms with Crippen LogP contribution in [0.4, 0.5) is 0 Å². The van der Waals surface area contributed by atoms with Crippen LogP contribution in [0.3, 0.4) is 0 Å². The van der Waals surface area contributed by atoms with Crippen LogP contribution >= 0.6 is 0 Å². The van der Waals surface area contributed by atoms with Gasteiger partial charge in [0, 0.05) is 23.0 Å². The van der Waals surface area contributed by atoms with Gasteiger partial charge in [-0.3, -0.25) is 9.59 Å². The van der Waals surface area contributed by atoms with E-state index >= 15 is 0 Å². The summed E-state index contributed by atoms with van der Waals surface area (Å²) in [6.07, 6.45) is 6.96. The van der Waals surface area contributed by atoms with E-state index in [0.717, 1.165) is 24.0 Å². The molecule has 3 aliphatic rings. The lowest BCUT2D eigenvalue weighted by Crippen LogP contribution is -2.44. The maximum atomic E-state index is 11.7. The van der Waals surface area contributed by atoms with Crippen LogP contribution in [-0.2, 0) is 0 Å². The predicted molar refractivity (Wildman–Crippen MR) is 61.6 cm³/mol. The molecular formula is C14H14O2. The quantitative estimate of drug-likeness (QED) is 0.489. The molecule has 0 aliphatic heterocycles. The van der Waals surface area contributed by atoms with Crippen molar-refractivity contribution in [3.63, 3.8) is 0 Å². The van der Waals surface area contributed by atoms with Gasteiger partial charge in [0.25, 0.3) is 0 Å². The number of allylic oxidation sites excluding steroid dienone is 2. The Bertz CT molecular complexity index is 532. The lowest BCUT2D eigenvalue weighted by atomic mass is 9.71. The standard InChI is InChI=1S/C14H14O2/c15-13-11-9-5-1-3-7(9)8-4-2-6-10(8)12(11)14(13)16/h9-10H,1-6H2/t9-,10+. The Morgan fingerprint density at radius 3 is 1.62 bits per heavy atom. The van der Waals surface area contributed by atoms with Crippen molar-refractivity contribution in [2.45, 2.75) is 50.4 Å². The first kappa shape index (κ1) is 8.91. The van der Waals surface area contributed by atoms with Crippen LogP contribution in [0.15, 0.2) is 20.7 Å². The average molecular weight is 214 g/mol. The fraction of sp³-hybridized carbons (Fsp3) is 0.571. The highest BCUT2D eigenvalue weighted by atomic mass is 16.2. The second-order valence-electron chi connectivity index (χ2n) is 5.43. The molecule has 2 fully saturated rings. The average Bonchev–Trinajstić information content (AvgIpc) is 2.92. The normalized spacial score (nSPS) is 31.8. The molecule has 0 unspecified atom stereocenters. The molecule has 4 rings (SSSR count). The van der Waals surface area contributed by atoms with Gasteiger partial charge < -0.3 is 0 Å². The van der Waals surface area contributed by atoms with Crippen LogP contribution in [0.1, 0.15) is 61.5 Å². The zero-order chi connectivity index (χ0) is 10.9. The summed E-state index contributed by atoms with van der Waals surface area (Å²) in [6.45, 7) is 0. The molecule has 2 saturated carbocycles. The summed E-state index contributed by atoms with van der Waals surface area (Å²) in [5, 5.41) is 0. The molecule has 2 atom stereocenters. The molecule has 0 N–H and O–H groups in total. The van der Waals surface area contributed by atoms with Gasteiger partial charge in [0.1, 0.15) is 0 Å². The molecule has 3 aliphatic carbocycles. The first-order valence-electron chi connectivity index (χ1n) is 6.34. The summed E-state index contributed by atoms with van der Waals surface area (Å²) in [7, 11) is 0. The Morgan fingerprint density at radius 2 is 1.19 bits per heavy atom. The van der Waals surface area contributed by atoms with E-state index in [-0.39, 0.29) is 10.9 Å². The molecule has 16 heavy (non-hydrogen) atoms. The number of rotatable bonds is 0. The molecule has 0 saturated heterocycles. The van der Waals surface area contributed by atoms with Crippen LogP contribution in [0, 0.1) is 0 Å². The molecule has 1 aromatic rings. The maximum Gasteiger partial charge on any atom is 0.230 e. The van der Waals surface area contributed by atoms with Crippen LogP contribution in [0.5, 0.6) is 0 Å². The van der Waals surface area contributed by atoms with E-state index in [2.05, 4.69) is 0 Å². The van der Waals surface area contributed by atoms with E-state index in [1.54, 1.807) is 11.1 Å². The van der Waals surface area contributed by atoms with Gasteiger partial charge in [0.05, 0.1) is 0 Å². The second-order valence-corrected chi connectivity index (χ2v) is 5.43. The Hall–Kier alpha value is -1.18. The minimum atomic E-state index is -0.162. The smallest absolute Gasteiger partial charge is 0.230 e. The number of hydrogen-bond donors (Lipinski definition) is 0. The van der Waals surface area contributed by atoms with Gasteiger partial charge in [0.2, 0.25) is 10.9 Å². The predicted octanol–water partition coefficient (Wildman–Crippen LogP) is 2.13. The minimum absolute atomic E-state index is 0.162. The summed E-state index contributed by atoms with van der Waals surface area (Å²) >= 11 is 0. The monoisotopic (exact) mass is 214 g/mol. The van der Waals surface area contributed by atoms with E-state index in [0.29, 0.717) is 11.8 Å². The summed E-state index contributed by atoms with van der Waals surface area (Å²) in [5.41, 5.74) is 4.61. The van der Waals surface area contributed by atoms with Crippen LogP contribution in [0.2, 0.25) is 0 Å². The summed E-state index contributed by atoms with van der Waals surface area (Å²) < 4.78 is 0. The van der Waals surface area contributed by atoms with Gasteiger partial charge in [0.15, 0.2) is 0 Å². The first-order chi connectivity index (χ1) is 7.79. The lowest BCUT2D eigenvalue weighted by molar-refractivity contribution is 0.681. The third kappa shape index (κ3) is 0.817. The van der Waals surface area contributed by atoms with E-state index < -0.39 is 0 Å². The van der Waals surface area contributed by atoms with Gasteiger partial charge in [-0.1, -0.05) is 11.1 Å². The van der Waals surface area contributed by atoms with Gasteiger partial charge in [-0.05, 0) is 38.5 Å². The van der Waals surface area contributed by atoms with Crippen molar-refractivity contribution in [2.24, 2.45) is 0 Å². The van der Waals surface area contributed by atoms with Crippen LogP contribution in [0.25, 0.3) is 0 Å². The third-order valence-electron chi connectivity index (χ3n) is 4.81. The van der Waals surface area contributed by atoms with Gasteiger partial charge in [-0.25, -0.2) is 0 Å². The molecule has 2 heteroatoms. The van der Waals surface area contributed by atoms with Crippen molar-refractivity contribution in [1.82, 2.24) is 0 Å². The number of hydrogen-bond acceptors (Lipinski definition) is 2. The molecule has 82 valence electrons. The van der Waals surface area contributed by atoms with Crippen LogP contribution < -0.4 is 10.9 Å². The number of fused-ring (bicyclic) bond motifs is 5. The zero-order valence-corrected chi connectivity index (χ0v) is 9.21. The van der Waals surface area contributed by atoms with Crippen molar-refractivity contribution in [3.05, 3.63) is 42.7 Å². The van der Waals surface area contributed by atoms with Crippen molar-refractivity contribution in [3.8, 4) is 0 Å². The third-order valence-corrected chi connectivity index (χ3v) is 4.81. The minimum Gasteiger partial charge on any atom is -0.285 e. The molecule has 0 aromatic heterocycles. The zero-order valence-electron chi connectivity index (χ0n) is 9.21. The van der Waals surface area contributed by atoms with Gasteiger partial charge in [-0.2, -0.15) is 0 Å². The lowest BCUT2D eigenvalue weighted by Gasteiger charge is -2.30. The molecular weight excluding hydrogens is 200 g/mol. The van der Waals surface area contributed by atoms with E-state index in [1.807, 2.05) is 0 Å². The fourth-order valence-electron chi connectivity index (χ4n) is 4.21. The Morgan fingerprint density at radius 1 is 0.750 bits per heavy atom. The van der Waals surface area contributed by atoms with E-state index in [4.69, 9.17) is 0 Å². The molecule has 0 heterocycles. The van der Waals surface area contributed by atoms with E-state index in [1.165, 1.54) is 25.7 Å². The largest absolute Gasteiger partial charge is 0.285 e. The topological polar surface area (TPSA) is 34.1 Å². The highest BCUT2D eigenvalue weighted by molar-refractivity contribution is 5.54. The summed E-state index contributed by atoms with van der Waals surface area (Å²) in [6, 6.07) is 0.